The second-order valence-electron chi connectivity index (χ2n) is 3.55. The van der Waals surface area contributed by atoms with E-state index in [1.54, 1.807) is 27.0 Å². The van der Waals surface area contributed by atoms with Crippen LogP contribution in [0.3, 0.4) is 0 Å². The monoisotopic (exact) mass is 181 g/mol. The number of nitrogens with zero attached hydrogens (tertiary/aromatic N) is 1. The molecule has 0 aliphatic rings. The van der Waals surface area contributed by atoms with Crippen molar-refractivity contribution in [3.8, 4) is 5.88 Å². The Kier molecular flexibility index (Phi) is 2.57. The maximum Gasteiger partial charge on any atom is 0.213 e. The maximum atomic E-state index is 9.75. The molecule has 1 rings (SSSR count). The minimum absolute atomic E-state index is 0.575. The molecule has 13 heavy (non-hydrogen) atoms. The summed E-state index contributed by atoms with van der Waals surface area (Å²) in [5.74, 6) is 0.575. The SMILES string of the molecule is COc1ccc(C(C)(C)O)c(C)n1. The molecule has 1 N–H and O–H groups in total. The van der Waals surface area contributed by atoms with Crippen molar-refractivity contribution in [2.45, 2.75) is 26.4 Å². The average molecular weight is 181 g/mol. The van der Waals surface area contributed by atoms with Crippen molar-refractivity contribution in [1.82, 2.24) is 4.98 Å². The third-order valence-corrected chi connectivity index (χ3v) is 1.93. The van der Waals surface area contributed by atoms with Crippen LogP contribution in [0.2, 0.25) is 0 Å². The van der Waals surface area contributed by atoms with E-state index in [1.165, 1.54) is 0 Å². The first-order chi connectivity index (χ1) is 5.95. The number of methoxy groups -OCH3 is 1. The van der Waals surface area contributed by atoms with Gasteiger partial charge < -0.3 is 9.84 Å². The number of pyridine rings is 1. The van der Waals surface area contributed by atoms with Crippen LogP contribution in [0.4, 0.5) is 0 Å². The van der Waals surface area contributed by atoms with Gasteiger partial charge in [-0.15, -0.1) is 0 Å². The highest BCUT2D eigenvalue weighted by Gasteiger charge is 2.19. The predicted octanol–water partition coefficient (Wildman–Crippen LogP) is 1.63. The zero-order chi connectivity index (χ0) is 10.1. The Morgan fingerprint density at radius 3 is 2.38 bits per heavy atom. The predicted molar refractivity (Wildman–Crippen MR) is 50.8 cm³/mol. The van der Waals surface area contributed by atoms with Gasteiger partial charge in [-0.2, -0.15) is 0 Å². The quantitative estimate of drug-likeness (QED) is 0.754. The maximum absolute atomic E-state index is 9.75. The number of aliphatic hydroxyl groups is 1. The van der Waals surface area contributed by atoms with Crippen molar-refractivity contribution in [3.63, 3.8) is 0 Å². The van der Waals surface area contributed by atoms with Gasteiger partial charge in [0.2, 0.25) is 5.88 Å². The summed E-state index contributed by atoms with van der Waals surface area (Å²) >= 11 is 0. The average Bonchev–Trinajstić information content (AvgIpc) is 2.01. The minimum Gasteiger partial charge on any atom is -0.481 e. The lowest BCUT2D eigenvalue weighted by Crippen LogP contribution is -2.17. The van der Waals surface area contributed by atoms with Crippen LogP contribution in [-0.2, 0) is 5.60 Å². The Hall–Kier alpha value is -1.09. The van der Waals surface area contributed by atoms with E-state index in [0.29, 0.717) is 5.88 Å². The Bertz CT molecular complexity index is 302. The lowest BCUT2D eigenvalue weighted by molar-refractivity contribution is 0.0773. The molecule has 0 fully saturated rings. The molecule has 0 aliphatic heterocycles. The van der Waals surface area contributed by atoms with Gasteiger partial charge >= 0.3 is 0 Å². The van der Waals surface area contributed by atoms with E-state index in [9.17, 15) is 5.11 Å². The molecule has 0 atom stereocenters. The zero-order valence-electron chi connectivity index (χ0n) is 8.46. The molecule has 0 saturated heterocycles. The van der Waals surface area contributed by atoms with E-state index >= 15 is 0 Å². The summed E-state index contributed by atoms with van der Waals surface area (Å²) in [5, 5.41) is 9.75. The molecule has 1 aromatic heterocycles. The van der Waals surface area contributed by atoms with E-state index < -0.39 is 5.60 Å². The van der Waals surface area contributed by atoms with Crippen molar-refractivity contribution in [2.75, 3.05) is 7.11 Å². The third kappa shape index (κ3) is 2.18. The van der Waals surface area contributed by atoms with Crippen molar-refractivity contribution >= 4 is 0 Å². The van der Waals surface area contributed by atoms with Crippen LogP contribution in [-0.4, -0.2) is 17.2 Å². The molecule has 0 radical (unpaired) electrons. The van der Waals surface area contributed by atoms with Gasteiger partial charge in [0.25, 0.3) is 0 Å². The Labute approximate surface area is 78.4 Å². The molecule has 0 unspecified atom stereocenters. The number of hydrogen-bond acceptors (Lipinski definition) is 3. The highest BCUT2D eigenvalue weighted by atomic mass is 16.5. The van der Waals surface area contributed by atoms with Gasteiger partial charge in [0.1, 0.15) is 0 Å². The fraction of sp³-hybridized carbons (Fsp3) is 0.500. The molecule has 0 aliphatic carbocycles. The highest BCUT2D eigenvalue weighted by Crippen LogP contribution is 2.23. The topological polar surface area (TPSA) is 42.4 Å². The van der Waals surface area contributed by atoms with Gasteiger partial charge in [-0.1, -0.05) is 0 Å². The van der Waals surface area contributed by atoms with Crippen LogP contribution in [0.1, 0.15) is 25.1 Å². The van der Waals surface area contributed by atoms with Gasteiger partial charge in [-0.25, -0.2) is 4.98 Å². The van der Waals surface area contributed by atoms with Crippen LogP contribution in [0.15, 0.2) is 12.1 Å². The molecule has 3 nitrogen and oxygen atoms in total. The smallest absolute Gasteiger partial charge is 0.213 e. The van der Waals surface area contributed by atoms with Gasteiger partial charge in [0, 0.05) is 17.3 Å². The summed E-state index contributed by atoms with van der Waals surface area (Å²) in [6.45, 7) is 5.34. The van der Waals surface area contributed by atoms with E-state index in [-0.39, 0.29) is 0 Å². The van der Waals surface area contributed by atoms with Crippen molar-refractivity contribution < 1.29 is 9.84 Å². The molecule has 72 valence electrons. The molecule has 3 heteroatoms. The first-order valence-corrected chi connectivity index (χ1v) is 4.19. The highest BCUT2D eigenvalue weighted by molar-refractivity contribution is 5.28. The minimum atomic E-state index is -0.844. The van der Waals surface area contributed by atoms with Gasteiger partial charge in [-0.05, 0) is 26.8 Å². The fourth-order valence-corrected chi connectivity index (χ4v) is 1.30. The molecular weight excluding hydrogens is 166 g/mol. The molecule has 1 heterocycles. The summed E-state index contributed by atoms with van der Waals surface area (Å²) in [7, 11) is 1.57. The van der Waals surface area contributed by atoms with Crippen LogP contribution in [0.25, 0.3) is 0 Å². The molecule has 1 aromatic rings. The number of rotatable bonds is 2. The lowest BCUT2D eigenvalue weighted by atomic mass is 9.97. The van der Waals surface area contributed by atoms with Gasteiger partial charge in [-0.3, -0.25) is 0 Å². The van der Waals surface area contributed by atoms with Crippen LogP contribution in [0, 0.1) is 6.92 Å². The number of ether oxygens (including phenoxy) is 1. The van der Waals surface area contributed by atoms with E-state index in [0.717, 1.165) is 11.3 Å². The Morgan fingerprint density at radius 2 is 2.00 bits per heavy atom. The van der Waals surface area contributed by atoms with Gasteiger partial charge in [0.15, 0.2) is 0 Å². The zero-order valence-corrected chi connectivity index (χ0v) is 8.46. The van der Waals surface area contributed by atoms with Gasteiger partial charge in [0.05, 0.1) is 12.7 Å². The molecule has 0 amide bonds. The van der Waals surface area contributed by atoms with E-state index in [4.69, 9.17) is 4.74 Å². The summed E-state index contributed by atoms with van der Waals surface area (Å²) in [5.41, 5.74) is 0.781. The molecule has 0 saturated carbocycles. The largest absolute Gasteiger partial charge is 0.481 e. The van der Waals surface area contributed by atoms with Crippen LogP contribution in [0.5, 0.6) is 5.88 Å². The Morgan fingerprint density at radius 1 is 1.38 bits per heavy atom. The summed E-state index contributed by atoms with van der Waals surface area (Å²) < 4.78 is 4.97. The summed E-state index contributed by atoms with van der Waals surface area (Å²) in [4.78, 5) is 4.18. The standard InChI is InChI=1S/C10H15NO2/c1-7-8(10(2,3)12)5-6-9(11-7)13-4/h5-6,12H,1-4H3. The molecular formula is C10H15NO2. The fourth-order valence-electron chi connectivity index (χ4n) is 1.30. The molecule has 0 aromatic carbocycles. The third-order valence-electron chi connectivity index (χ3n) is 1.93. The van der Waals surface area contributed by atoms with Crippen molar-refractivity contribution in [2.24, 2.45) is 0 Å². The van der Waals surface area contributed by atoms with Crippen molar-refractivity contribution in [1.29, 1.82) is 0 Å². The summed E-state index contributed by atoms with van der Waals surface area (Å²) in [6, 6.07) is 3.58. The first kappa shape index (κ1) is 9.99. The van der Waals surface area contributed by atoms with Crippen LogP contribution < -0.4 is 4.74 Å². The second kappa shape index (κ2) is 3.34. The lowest BCUT2D eigenvalue weighted by Gasteiger charge is -2.19. The molecule has 0 bridgehead atoms. The Balaban J connectivity index is 3.13. The number of aromatic nitrogens is 1. The van der Waals surface area contributed by atoms with E-state index in [2.05, 4.69) is 4.98 Å². The van der Waals surface area contributed by atoms with E-state index in [1.807, 2.05) is 13.0 Å². The second-order valence-corrected chi connectivity index (χ2v) is 3.55. The molecule has 0 spiro atoms. The van der Waals surface area contributed by atoms with Crippen LogP contribution >= 0.6 is 0 Å². The first-order valence-electron chi connectivity index (χ1n) is 4.19. The normalized spacial score (nSPS) is 11.5. The number of aryl methyl sites for hydroxylation is 1. The van der Waals surface area contributed by atoms with Crippen molar-refractivity contribution in [3.05, 3.63) is 23.4 Å². The number of hydrogen-bond donors (Lipinski definition) is 1. The summed E-state index contributed by atoms with van der Waals surface area (Å²) in [6.07, 6.45) is 0.